The van der Waals surface area contributed by atoms with Crippen LogP contribution in [-0.4, -0.2) is 29.3 Å². The third-order valence-corrected chi connectivity index (χ3v) is 5.32. The van der Waals surface area contributed by atoms with Gasteiger partial charge in [-0.2, -0.15) is 0 Å². The maximum absolute atomic E-state index is 12.6. The number of hydrogen-bond acceptors (Lipinski definition) is 5. The highest BCUT2D eigenvalue weighted by Crippen LogP contribution is 2.38. The van der Waals surface area contributed by atoms with Crippen LogP contribution in [0.2, 0.25) is 0 Å². The number of carbonyl (C=O) groups is 1. The molecule has 0 unspecified atom stereocenters. The molecule has 1 aromatic heterocycles. The zero-order valence-corrected chi connectivity index (χ0v) is 14.3. The molecule has 4 rings (SSSR count). The first-order chi connectivity index (χ1) is 11.7. The van der Waals surface area contributed by atoms with Gasteiger partial charge in [0, 0.05) is 17.6 Å². The van der Waals surface area contributed by atoms with Crippen molar-refractivity contribution < 1.29 is 14.3 Å². The average molecular weight is 345 g/mol. The van der Waals surface area contributed by atoms with Gasteiger partial charge in [0.05, 0.1) is 12.6 Å². The molecular weight excluding hydrogens is 326 g/mol. The van der Waals surface area contributed by atoms with Crippen LogP contribution in [0, 0.1) is 6.92 Å². The number of fused-ring (bicyclic) bond motifs is 1. The third-order valence-electron chi connectivity index (χ3n) is 4.35. The molecule has 0 bridgehead atoms. The largest absolute Gasteiger partial charge is 0.454 e. The van der Waals surface area contributed by atoms with Crippen LogP contribution in [0.1, 0.15) is 35.1 Å². The Morgan fingerprint density at radius 3 is 3.12 bits per heavy atom. The maximum Gasteiger partial charge on any atom is 0.318 e. The van der Waals surface area contributed by atoms with Crippen molar-refractivity contribution in [3.8, 4) is 11.5 Å². The lowest BCUT2D eigenvalue weighted by Gasteiger charge is -2.25. The summed E-state index contributed by atoms with van der Waals surface area (Å²) < 4.78 is 10.8. The Morgan fingerprint density at radius 1 is 1.42 bits per heavy atom. The van der Waals surface area contributed by atoms with Crippen molar-refractivity contribution in [2.75, 3.05) is 13.3 Å². The molecular formula is C17H19N3O3S. The van der Waals surface area contributed by atoms with Crippen LogP contribution in [0.25, 0.3) is 0 Å². The summed E-state index contributed by atoms with van der Waals surface area (Å²) in [6.45, 7) is 3.46. The minimum absolute atomic E-state index is 0.0389. The molecule has 0 aliphatic carbocycles. The average Bonchev–Trinajstić information content (AvgIpc) is 3.31. The van der Waals surface area contributed by atoms with Crippen LogP contribution < -0.4 is 14.8 Å². The number of carbonyl (C=O) groups excluding carboxylic acids is 1. The number of likely N-dealkylation sites (tertiary alicyclic amines) is 1. The highest BCUT2D eigenvalue weighted by Gasteiger charge is 2.31. The molecule has 1 aromatic carbocycles. The number of nitrogens with one attached hydrogen (secondary N) is 1. The summed E-state index contributed by atoms with van der Waals surface area (Å²) in [7, 11) is 0. The van der Waals surface area contributed by atoms with Crippen LogP contribution in [0.5, 0.6) is 11.5 Å². The zero-order chi connectivity index (χ0) is 16.5. The number of aryl methyl sites for hydroxylation is 1. The molecule has 7 heteroatoms. The van der Waals surface area contributed by atoms with Gasteiger partial charge in [-0.3, -0.25) is 0 Å². The van der Waals surface area contributed by atoms with Crippen molar-refractivity contribution in [2.24, 2.45) is 0 Å². The maximum atomic E-state index is 12.6. The molecule has 2 aromatic rings. The molecule has 24 heavy (non-hydrogen) atoms. The lowest BCUT2D eigenvalue weighted by Crippen LogP contribution is -2.39. The summed E-state index contributed by atoms with van der Waals surface area (Å²) in [5.41, 5.74) is 2.08. The van der Waals surface area contributed by atoms with E-state index in [9.17, 15) is 4.79 Å². The predicted octanol–water partition coefficient (Wildman–Crippen LogP) is 3.23. The lowest BCUT2D eigenvalue weighted by molar-refractivity contribution is 0.173. The highest BCUT2D eigenvalue weighted by molar-refractivity contribution is 7.09. The Hall–Kier alpha value is -2.28. The van der Waals surface area contributed by atoms with Gasteiger partial charge >= 0.3 is 6.03 Å². The van der Waals surface area contributed by atoms with Crippen LogP contribution in [0.15, 0.2) is 23.6 Å². The second kappa shape index (κ2) is 6.32. The molecule has 2 amide bonds. The summed E-state index contributed by atoms with van der Waals surface area (Å²) in [6, 6.07) is 5.97. The lowest BCUT2D eigenvalue weighted by atomic mass is 10.0. The van der Waals surface area contributed by atoms with Crippen LogP contribution in [-0.2, 0) is 6.54 Å². The standard InChI is InChI=1S/C17H19N3O3S/c1-11-9-24-16(19-11)8-18-17(21)20-6-2-3-13(20)12-4-5-14-15(7-12)23-10-22-14/h4-5,7,9,13H,2-3,6,8,10H2,1H3,(H,18,21)/t13-/m1/s1. The topological polar surface area (TPSA) is 63.7 Å². The summed E-state index contributed by atoms with van der Waals surface area (Å²) in [5.74, 6) is 1.53. The first-order valence-corrected chi connectivity index (χ1v) is 8.94. The Balaban J connectivity index is 1.45. The summed E-state index contributed by atoms with van der Waals surface area (Å²) >= 11 is 1.57. The first kappa shape index (κ1) is 15.3. The van der Waals surface area contributed by atoms with Gasteiger partial charge in [0.1, 0.15) is 5.01 Å². The highest BCUT2D eigenvalue weighted by atomic mass is 32.1. The molecule has 0 radical (unpaired) electrons. The minimum Gasteiger partial charge on any atom is -0.454 e. The van der Waals surface area contributed by atoms with Crippen molar-refractivity contribution in [2.45, 2.75) is 32.4 Å². The molecule has 0 spiro atoms. The Bertz CT molecular complexity index is 761. The SMILES string of the molecule is Cc1csc(CNC(=O)N2CCC[C@@H]2c2ccc3c(c2)OCO3)n1. The van der Waals surface area contributed by atoms with E-state index in [4.69, 9.17) is 9.47 Å². The molecule has 1 N–H and O–H groups in total. The van der Waals surface area contributed by atoms with Gasteiger partial charge in [-0.1, -0.05) is 6.07 Å². The van der Waals surface area contributed by atoms with Crippen molar-refractivity contribution >= 4 is 17.4 Å². The number of aromatic nitrogens is 1. The van der Waals surface area contributed by atoms with Gasteiger partial charge in [-0.05, 0) is 37.5 Å². The number of urea groups is 1. The molecule has 6 nitrogen and oxygen atoms in total. The minimum atomic E-state index is -0.0389. The molecule has 1 fully saturated rings. The molecule has 1 atom stereocenters. The van der Waals surface area contributed by atoms with Crippen LogP contribution in [0.4, 0.5) is 4.79 Å². The summed E-state index contributed by atoms with van der Waals surface area (Å²) in [5, 5.41) is 5.91. The molecule has 126 valence electrons. The number of rotatable bonds is 3. The number of thiazole rings is 1. The van der Waals surface area contributed by atoms with E-state index < -0.39 is 0 Å². The van der Waals surface area contributed by atoms with E-state index in [1.165, 1.54) is 0 Å². The molecule has 2 aliphatic rings. The number of amides is 2. The summed E-state index contributed by atoms with van der Waals surface area (Å²) in [6.07, 6.45) is 1.96. The normalized spacial score (nSPS) is 18.9. The molecule has 1 saturated heterocycles. The fourth-order valence-electron chi connectivity index (χ4n) is 3.21. The van der Waals surface area contributed by atoms with E-state index in [1.807, 2.05) is 35.4 Å². The van der Waals surface area contributed by atoms with E-state index in [-0.39, 0.29) is 18.9 Å². The number of nitrogens with zero attached hydrogens (tertiary/aromatic N) is 2. The predicted molar refractivity (Wildman–Crippen MR) is 90.3 cm³/mol. The third kappa shape index (κ3) is 2.91. The van der Waals surface area contributed by atoms with Crippen LogP contribution in [0.3, 0.4) is 0 Å². The monoisotopic (exact) mass is 345 g/mol. The number of hydrogen-bond donors (Lipinski definition) is 1. The number of benzene rings is 1. The molecule has 0 saturated carbocycles. The molecule has 2 aliphatic heterocycles. The second-order valence-electron chi connectivity index (χ2n) is 6.01. The van der Waals surface area contributed by atoms with E-state index in [2.05, 4.69) is 10.3 Å². The van der Waals surface area contributed by atoms with Gasteiger partial charge in [0.25, 0.3) is 0 Å². The molecule has 3 heterocycles. The van der Waals surface area contributed by atoms with Crippen LogP contribution >= 0.6 is 11.3 Å². The van der Waals surface area contributed by atoms with Gasteiger partial charge in [0.15, 0.2) is 11.5 Å². The number of ether oxygens (including phenoxy) is 2. The van der Waals surface area contributed by atoms with Crippen molar-refractivity contribution in [1.29, 1.82) is 0 Å². The summed E-state index contributed by atoms with van der Waals surface area (Å²) in [4.78, 5) is 18.9. The van der Waals surface area contributed by atoms with Crippen molar-refractivity contribution in [3.63, 3.8) is 0 Å². The van der Waals surface area contributed by atoms with Gasteiger partial charge in [0.2, 0.25) is 6.79 Å². The fourth-order valence-corrected chi connectivity index (χ4v) is 3.92. The fraction of sp³-hybridized carbons (Fsp3) is 0.412. The van der Waals surface area contributed by atoms with Crippen molar-refractivity contribution in [1.82, 2.24) is 15.2 Å². The van der Waals surface area contributed by atoms with Gasteiger partial charge in [-0.25, -0.2) is 9.78 Å². The second-order valence-corrected chi connectivity index (χ2v) is 6.95. The van der Waals surface area contributed by atoms with Gasteiger partial charge < -0.3 is 19.7 Å². The van der Waals surface area contributed by atoms with E-state index in [0.717, 1.165) is 47.2 Å². The van der Waals surface area contributed by atoms with E-state index >= 15 is 0 Å². The Labute approximate surface area is 144 Å². The first-order valence-electron chi connectivity index (χ1n) is 8.06. The van der Waals surface area contributed by atoms with E-state index in [0.29, 0.717) is 6.54 Å². The van der Waals surface area contributed by atoms with Crippen molar-refractivity contribution in [3.05, 3.63) is 39.8 Å². The quantitative estimate of drug-likeness (QED) is 0.928. The zero-order valence-electron chi connectivity index (χ0n) is 13.4. The van der Waals surface area contributed by atoms with E-state index in [1.54, 1.807) is 11.3 Å². The Kier molecular flexibility index (Phi) is 4.02. The Morgan fingerprint density at radius 2 is 2.29 bits per heavy atom. The van der Waals surface area contributed by atoms with Gasteiger partial charge in [-0.15, -0.1) is 11.3 Å². The smallest absolute Gasteiger partial charge is 0.318 e.